The highest BCUT2D eigenvalue weighted by Crippen LogP contribution is 2.29. The third-order valence-electron chi connectivity index (χ3n) is 1.86. The van der Waals surface area contributed by atoms with Crippen LogP contribution in [0.1, 0.15) is 0 Å². The number of nitrogens with one attached hydrogen (secondary N) is 1. The van der Waals surface area contributed by atoms with E-state index in [1.165, 1.54) is 12.1 Å². The summed E-state index contributed by atoms with van der Waals surface area (Å²) in [7, 11) is 0. The Morgan fingerprint density at radius 1 is 1.37 bits per heavy atom. The maximum absolute atomic E-state index is 11.4. The van der Waals surface area contributed by atoms with E-state index in [0.717, 1.165) is 0 Å². The molecule has 4 nitrogen and oxygen atoms in total. The van der Waals surface area contributed by atoms with Gasteiger partial charge in [-0.1, -0.05) is 58.0 Å². The van der Waals surface area contributed by atoms with Gasteiger partial charge in [-0.15, -0.1) is 0 Å². The molecule has 106 valence electrons. The fourth-order valence-corrected chi connectivity index (χ4v) is 1.64. The van der Waals surface area contributed by atoms with Crippen molar-refractivity contribution < 1.29 is 14.6 Å². The molecule has 9 heteroatoms. The largest absolute Gasteiger partial charge is 0.482 e. The summed E-state index contributed by atoms with van der Waals surface area (Å²) in [4.78, 5) is 11.4. The number of alkyl halides is 3. The molecule has 0 saturated heterocycles. The summed E-state index contributed by atoms with van der Waals surface area (Å²) in [5.41, 5.74) is 0. The minimum Gasteiger partial charge on any atom is -0.482 e. The molecule has 0 aliphatic rings. The number of carbonyl (C=O) groups excluding carboxylic acids is 1. The van der Waals surface area contributed by atoms with E-state index in [0.29, 0.717) is 5.02 Å². The van der Waals surface area contributed by atoms with Gasteiger partial charge >= 0.3 is 0 Å². The van der Waals surface area contributed by atoms with E-state index in [-0.39, 0.29) is 10.8 Å². The maximum Gasteiger partial charge on any atom is 0.260 e. The van der Waals surface area contributed by atoms with Crippen molar-refractivity contribution in [2.45, 2.75) is 10.0 Å². The van der Waals surface area contributed by atoms with Gasteiger partial charge in [0.2, 0.25) is 3.79 Å². The van der Waals surface area contributed by atoms with Crippen molar-refractivity contribution in [3.63, 3.8) is 0 Å². The van der Waals surface area contributed by atoms with Gasteiger partial charge in [0.25, 0.3) is 5.91 Å². The van der Waals surface area contributed by atoms with Crippen LogP contribution in [0.4, 0.5) is 0 Å². The van der Waals surface area contributed by atoms with Gasteiger partial charge < -0.3 is 15.2 Å². The van der Waals surface area contributed by atoms with Gasteiger partial charge in [-0.25, -0.2) is 0 Å². The lowest BCUT2D eigenvalue weighted by Gasteiger charge is -2.20. The number of carbonyl (C=O) groups is 1. The number of hydrogen-bond acceptors (Lipinski definition) is 3. The van der Waals surface area contributed by atoms with Crippen LogP contribution < -0.4 is 10.1 Å². The van der Waals surface area contributed by atoms with Gasteiger partial charge in [-0.05, 0) is 18.2 Å². The lowest BCUT2D eigenvalue weighted by molar-refractivity contribution is -0.126. The highest BCUT2D eigenvalue weighted by atomic mass is 35.6. The Balaban J connectivity index is 2.51. The monoisotopic (exact) mass is 365 g/mol. The van der Waals surface area contributed by atoms with Crippen LogP contribution >= 0.6 is 58.0 Å². The van der Waals surface area contributed by atoms with E-state index >= 15 is 0 Å². The van der Waals surface area contributed by atoms with Gasteiger partial charge in [0.05, 0.1) is 5.02 Å². The first-order valence-corrected chi connectivity index (χ1v) is 6.71. The molecule has 19 heavy (non-hydrogen) atoms. The van der Waals surface area contributed by atoms with Crippen LogP contribution in [-0.2, 0) is 4.79 Å². The molecule has 0 aliphatic heterocycles. The number of rotatable bonds is 4. The molecule has 0 spiro atoms. The zero-order valence-electron chi connectivity index (χ0n) is 9.17. The summed E-state index contributed by atoms with van der Waals surface area (Å²) in [5, 5.41) is 12.1. The quantitative estimate of drug-likeness (QED) is 0.635. The van der Waals surface area contributed by atoms with Crippen molar-refractivity contribution in [3.05, 3.63) is 28.2 Å². The Kier molecular flexibility index (Phi) is 6.30. The van der Waals surface area contributed by atoms with E-state index in [1.807, 2.05) is 5.32 Å². The number of aliphatic hydroxyl groups is 1. The second-order valence-corrected chi connectivity index (χ2v) is 6.59. The molecule has 1 rings (SSSR count). The molecular formula is C10H8Cl5NO3. The molecule has 0 aliphatic carbocycles. The first-order valence-electron chi connectivity index (χ1n) is 4.82. The Hall–Kier alpha value is -0.100. The highest BCUT2D eigenvalue weighted by molar-refractivity contribution is 6.68. The molecule has 0 saturated carbocycles. The normalized spacial score (nSPS) is 12.9. The molecule has 0 fully saturated rings. The molecule has 0 aromatic heterocycles. The molecule has 0 heterocycles. The fraction of sp³-hybridized carbons (Fsp3) is 0.300. The number of benzene rings is 1. The molecule has 0 unspecified atom stereocenters. The van der Waals surface area contributed by atoms with Crippen molar-refractivity contribution in [2.24, 2.45) is 0 Å². The molecule has 1 atom stereocenters. The third kappa shape index (κ3) is 5.81. The molecule has 0 radical (unpaired) electrons. The van der Waals surface area contributed by atoms with Crippen molar-refractivity contribution in [3.8, 4) is 5.75 Å². The summed E-state index contributed by atoms with van der Waals surface area (Å²) < 4.78 is 3.10. The Labute approximate surface area is 134 Å². The van der Waals surface area contributed by atoms with Crippen LogP contribution in [0, 0.1) is 0 Å². The SMILES string of the molecule is O=C(COc1ccc(Cl)cc1Cl)N[C@H](O)C(Cl)(Cl)Cl. The second kappa shape index (κ2) is 7.07. The molecule has 1 aromatic rings. The van der Waals surface area contributed by atoms with E-state index < -0.39 is 22.5 Å². The Morgan fingerprint density at radius 2 is 2.00 bits per heavy atom. The zero-order valence-corrected chi connectivity index (χ0v) is 12.9. The summed E-state index contributed by atoms with van der Waals surface area (Å²) in [6.07, 6.45) is -1.64. The average molecular weight is 367 g/mol. The fourth-order valence-electron chi connectivity index (χ4n) is 1.01. The standard InChI is InChI=1S/C10H8Cl5NO3/c11-5-1-2-7(6(12)3-5)19-4-8(17)16-9(18)10(13,14)15/h1-3,9,18H,4H2,(H,16,17)/t9-/m1/s1. The van der Waals surface area contributed by atoms with Gasteiger partial charge in [-0.2, -0.15) is 0 Å². The topological polar surface area (TPSA) is 58.6 Å². The minimum absolute atomic E-state index is 0.252. The van der Waals surface area contributed by atoms with Gasteiger partial charge in [0.1, 0.15) is 5.75 Å². The summed E-state index contributed by atoms with van der Waals surface area (Å²) in [6.45, 7) is -0.404. The lowest BCUT2D eigenvalue weighted by Crippen LogP contribution is -2.45. The number of ether oxygens (including phenoxy) is 1. The van der Waals surface area contributed by atoms with E-state index in [9.17, 15) is 9.90 Å². The van der Waals surface area contributed by atoms with Gasteiger partial charge in [-0.3, -0.25) is 4.79 Å². The molecule has 1 aromatic carbocycles. The predicted octanol–water partition coefficient (Wildman–Crippen LogP) is 3.18. The van der Waals surface area contributed by atoms with Crippen molar-refractivity contribution in [1.29, 1.82) is 0 Å². The predicted molar refractivity (Wildman–Crippen MR) is 76.4 cm³/mol. The molecule has 1 amide bonds. The molecular weight excluding hydrogens is 359 g/mol. The van der Waals surface area contributed by atoms with Crippen molar-refractivity contribution in [1.82, 2.24) is 5.32 Å². The van der Waals surface area contributed by atoms with Crippen LogP contribution in [0.25, 0.3) is 0 Å². The van der Waals surface area contributed by atoms with Crippen LogP contribution in [0.15, 0.2) is 18.2 Å². The van der Waals surface area contributed by atoms with Crippen LogP contribution in [-0.4, -0.2) is 27.6 Å². The second-order valence-electron chi connectivity index (χ2n) is 3.38. The minimum atomic E-state index is -2.02. The van der Waals surface area contributed by atoms with Crippen molar-refractivity contribution in [2.75, 3.05) is 6.61 Å². The van der Waals surface area contributed by atoms with Crippen molar-refractivity contribution >= 4 is 63.9 Å². The zero-order chi connectivity index (χ0) is 14.6. The highest BCUT2D eigenvalue weighted by Gasteiger charge is 2.32. The number of aliphatic hydroxyl groups excluding tert-OH is 1. The lowest BCUT2D eigenvalue weighted by atomic mass is 10.3. The van der Waals surface area contributed by atoms with Gasteiger partial charge in [0, 0.05) is 5.02 Å². The first kappa shape index (κ1) is 17.0. The van der Waals surface area contributed by atoms with Crippen LogP contribution in [0.5, 0.6) is 5.75 Å². The van der Waals surface area contributed by atoms with Gasteiger partial charge in [0.15, 0.2) is 12.8 Å². The number of halogens is 5. The number of amides is 1. The summed E-state index contributed by atoms with van der Waals surface area (Å²) in [5.74, 6) is -0.408. The summed E-state index contributed by atoms with van der Waals surface area (Å²) >= 11 is 27.7. The number of hydrogen-bond donors (Lipinski definition) is 2. The first-order chi connectivity index (χ1) is 8.70. The molecule has 0 bridgehead atoms. The van der Waals surface area contributed by atoms with E-state index in [4.69, 9.17) is 62.7 Å². The third-order valence-corrected chi connectivity index (χ3v) is 3.01. The summed E-state index contributed by atoms with van der Waals surface area (Å²) in [6, 6.07) is 4.52. The van der Waals surface area contributed by atoms with E-state index in [2.05, 4.69) is 0 Å². The Bertz CT molecular complexity index is 463. The van der Waals surface area contributed by atoms with E-state index in [1.54, 1.807) is 6.07 Å². The molecule has 2 N–H and O–H groups in total. The Morgan fingerprint density at radius 3 is 2.53 bits per heavy atom. The van der Waals surface area contributed by atoms with Crippen LogP contribution in [0.2, 0.25) is 10.0 Å². The maximum atomic E-state index is 11.4. The average Bonchev–Trinajstić information content (AvgIpc) is 2.26. The smallest absolute Gasteiger partial charge is 0.260 e. The van der Waals surface area contributed by atoms with Crippen LogP contribution in [0.3, 0.4) is 0 Å².